The Labute approximate surface area is 96.1 Å². The van der Waals surface area contributed by atoms with Crippen LogP contribution in [0.25, 0.3) is 0 Å². The summed E-state index contributed by atoms with van der Waals surface area (Å²) in [4.78, 5) is 5.55. The van der Waals surface area contributed by atoms with Crippen LogP contribution in [0, 0.1) is 5.92 Å². The molecule has 1 aromatic heterocycles. The third-order valence-electron chi connectivity index (χ3n) is 3.03. The number of rotatable bonds is 7. The molecule has 2 nitrogen and oxygen atoms in total. The summed E-state index contributed by atoms with van der Waals surface area (Å²) in [6, 6.07) is 0.757. The molecule has 0 aromatic carbocycles. The van der Waals surface area contributed by atoms with E-state index in [4.69, 9.17) is 0 Å². The fraction of sp³-hybridized carbons (Fsp3) is 0.750. The predicted molar refractivity (Wildman–Crippen MR) is 65.2 cm³/mol. The highest BCUT2D eigenvalue weighted by Gasteiger charge is 2.30. The number of nitrogens with one attached hydrogen (secondary N) is 1. The van der Waals surface area contributed by atoms with Crippen LogP contribution < -0.4 is 5.32 Å². The van der Waals surface area contributed by atoms with Crippen molar-refractivity contribution in [3.8, 4) is 0 Å². The van der Waals surface area contributed by atoms with Crippen LogP contribution in [0.5, 0.6) is 0 Å². The van der Waals surface area contributed by atoms with E-state index < -0.39 is 0 Å². The van der Waals surface area contributed by atoms with E-state index in [1.807, 2.05) is 11.7 Å². The maximum absolute atomic E-state index is 4.12. The van der Waals surface area contributed by atoms with E-state index in [-0.39, 0.29) is 0 Å². The Bertz CT molecular complexity index is 267. The van der Waals surface area contributed by atoms with E-state index in [0.717, 1.165) is 12.0 Å². The molecule has 2 rings (SSSR count). The van der Waals surface area contributed by atoms with Crippen molar-refractivity contribution in [2.45, 2.75) is 45.1 Å². The van der Waals surface area contributed by atoms with Gasteiger partial charge in [0.25, 0.3) is 0 Å². The first-order chi connectivity index (χ1) is 7.40. The van der Waals surface area contributed by atoms with Crippen LogP contribution in [0.3, 0.4) is 0 Å². The molecule has 1 aromatic rings. The minimum Gasteiger partial charge on any atom is -0.314 e. The van der Waals surface area contributed by atoms with Gasteiger partial charge in [0.2, 0.25) is 0 Å². The topological polar surface area (TPSA) is 24.9 Å². The zero-order valence-electron chi connectivity index (χ0n) is 9.41. The van der Waals surface area contributed by atoms with E-state index >= 15 is 0 Å². The Morgan fingerprint density at radius 2 is 2.47 bits per heavy atom. The molecule has 0 radical (unpaired) electrons. The van der Waals surface area contributed by atoms with Crippen LogP contribution in [-0.2, 0) is 6.42 Å². The van der Waals surface area contributed by atoms with Crippen molar-refractivity contribution in [1.29, 1.82) is 0 Å². The van der Waals surface area contributed by atoms with Crippen LogP contribution in [0.15, 0.2) is 11.7 Å². The lowest BCUT2D eigenvalue weighted by atomic mass is 10.1. The second-order valence-electron chi connectivity index (χ2n) is 4.40. The van der Waals surface area contributed by atoms with Crippen LogP contribution in [0.1, 0.15) is 37.5 Å². The normalized spacial score (nSPS) is 17.9. The summed E-state index contributed by atoms with van der Waals surface area (Å²) in [7, 11) is 0. The van der Waals surface area contributed by atoms with Gasteiger partial charge in [0.05, 0.1) is 5.51 Å². The highest BCUT2D eigenvalue weighted by Crippen LogP contribution is 2.34. The third kappa shape index (κ3) is 3.58. The Balaban J connectivity index is 1.74. The van der Waals surface area contributed by atoms with Gasteiger partial charge in [-0.3, -0.25) is 4.98 Å². The van der Waals surface area contributed by atoms with Crippen molar-refractivity contribution in [2.75, 3.05) is 6.54 Å². The summed E-state index contributed by atoms with van der Waals surface area (Å²) >= 11 is 1.78. The molecule has 84 valence electrons. The molecule has 1 unspecified atom stereocenters. The smallest absolute Gasteiger partial charge is 0.0794 e. The van der Waals surface area contributed by atoms with E-state index in [2.05, 4.69) is 17.2 Å². The summed E-state index contributed by atoms with van der Waals surface area (Å²) in [5, 5.41) is 3.68. The molecule has 0 amide bonds. The molecule has 0 bridgehead atoms. The number of hydrogen-bond acceptors (Lipinski definition) is 3. The molecule has 1 aliphatic rings. The van der Waals surface area contributed by atoms with Crippen molar-refractivity contribution < 1.29 is 0 Å². The van der Waals surface area contributed by atoms with Crippen LogP contribution in [0.2, 0.25) is 0 Å². The van der Waals surface area contributed by atoms with E-state index in [1.165, 1.54) is 43.5 Å². The average molecular weight is 224 g/mol. The molecular formula is C12H20N2S. The highest BCUT2D eigenvalue weighted by molar-refractivity contribution is 7.09. The molecule has 1 atom stereocenters. The maximum atomic E-state index is 4.12. The van der Waals surface area contributed by atoms with Gasteiger partial charge in [-0.2, -0.15) is 0 Å². The van der Waals surface area contributed by atoms with Gasteiger partial charge in [-0.25, -0.2) is 0 Å². The minimum absolute atomic E-state index is 0.757. The first kappa shape index (κ1) is 11.1. The standard InChI is InChI=1S/C12H20N2S/c1-2-7-14-12(10-3-4-10)6-5-11-8-13-9-15-11/h8-10,12,14H,2-7H2,1H3. The average Bonchev–Trinajstić information content (AvgIpc) is 2.95. The highest BCUT2D eigenvalue weighted by atomic mass is 32.1. The van der Waals surface area contributed by atoms with Crippen LogP contribution in [0.4, 0.5) is 0 Å². The number of nitrogens with zero attached hydrogens (tertiary/aromatic N) is 1. The van der Waals surface area contributed by atoms with Gasteiger partial charge < -0.3 is 5.32 Å². The maximum Gasteiger partial charge on any atom is 0.0794 e. The van der Waals surface area contributed by atoms with Gasteiger partial charge in [0, 0.05) is 17.1 Å². The van der Waals surface area contributed by atoms with Gasteiger partial charge in [-0.05, 0) is 44.6 Å². The lowest BCUT2D eigenvalue weighted by molar-refractivity contribution is 0.436. The first-order valence-electron chi connectivity index (χ1n) is 6.01. The van der Waals surface area contributed by atoms with Crippen molar-refractivity contribution in [3.63, 3.8) is 0 Å². The molecule has 1 heterocycles. The monoisotopic (exact) mass is 224 g/mol. The van der Waals surface area contributed by atoms with E-state index in [1.54, 1.807) is 11.3 Å². The van der Waals surface area contributed by atoms with E-state index in [0.29, 0.717) is 0 Å². The number of thiazole rings is 1. The molecule has 1 saturated carbocycles. The lowest BCUT2D eigenvalue weighted by Crippen LogP contribution is -2.32. The van der Waals surface area contributed by atoms with Gasteiger partial charge in [0.15, 0.2) is 0 Å². The zero-order chi connectivity index (χ0) is 10.5. The third-order valence-corrected chi connectivity index (χ3v) is 3.87. The molecule has 1 N–H and O–H groups in total. The molecule has 1 aliphatic carbocycles. The summed E-state index contributed by atoms with van der Waals surface area (Å²) < 4.78 is 0. The Morgan fingerprint density at radius 1 is 1.60 bits per heavy atom. The predicted octanol–water partition coefficient (Wildman–Crippen LogP) is 2.85. The molecule has 0 aliphatic heterocycles. The van der Waals surface area contributed by atoms with Crippen molar-refractivity contribution in [3.05, 3.63) is 16.6 Å². The van der Waals surface area contributed by atoms with Crippen molar-refractivity contribution in [1.82, 2.24) is 10.3 Å². The fourth-order valence-electron chi connectivity index (χ4n) is 2.00. The largest absolute Gasteiger partial charge is 0.314 e. The quantitative estimate of drug-likeness (QED) is 0.770. The number of hydrogen-bond donors (Lipinski definition) is 1. The van der Waals surface area contributed by atoms with Crippen molar-refractivity contribution in [2.24, 2.45) is 5.92 Å². The zero-order valence-corrected chi connectivity index (χ0v) is 10.2. The molecular weight excluding hydrogens is 204 g/mol. The molecule has 1 fully saturated rings. The van der Waals surface area contributed by atoms with Crippen molar-refractivity contribution >= 4 is 11.3 Å². The lowest BCUT2D eigenvalue weighted by Gasteiger charge is -2.17. The second-order valence-corrected chi connectivity index (χ2v) is 5.38. The second kappa shape index (κ2) is 5.61. The summed E-state index contributed by atoms with van der Waals surface area (Å²) in [6.45, 7) is 3.41. The minimum atomic E-state index is 0.757. The van der Waals surface area contributed by atoms with Gasteiger partial charge in [-0.15, -0.1) is 11.3 Å². The Kier molecular flexibility index (Phi) is 4.15. The summed E-state index contributed by atoms with van der Waals surface area (Å²) in [5.74, 6) is 0.962. The summed E-state index contributed by atoms with van der Waals surface area (Å²) in [5.41, 5.74) is 1.93. The summed E-state index contributed by atoms with van der Waals surface area (Å²) in [6.07, 6.45) is 8.60. The SMILES string of the molecule is CCCNC(CCc1cncs1)C1CC1. The van der Waals surface area contributed by atoms with Crippen LogP contribution >= 0.6 is 11.3 Å². The van der Waals surface area contributed by atoms with Gasteiger partial charge in [0.1, 0.15) is 0 Å². The first-order valence-corrected chi connectivity index (χ1v) is 6.89. The Morgan fingerprint density at radius 3 is 3.07 bits per heavy atom. The molecule has 0 spiro atoms. The number of aromatic nitrogens is 1. The van der Waals surface area contributed by atoms with Gasteiger partial charge >= 0.3 is 0 Å². The van der Waals surface area contributed by atoms with E-state index in [9.17, 15) is 0 Å². The van der Waals surface area contributed by atoms with Gasteiger partial charge in [-0.1, -0.05) is 6.92 Å². The number of aryl methyl sites for hydroxylation is 1. The Hall–Kier alpha value is -0.410. The molecule has 0 saturated heterocycles. The fourth-order valence-corrected chi connectivity index (χ4v) is 2.61. The molecule has 3 heteroatoms. The van der Waals surface area contributed by atoms with Crippen LogP contribution in [-0.4, -0.2) is 17.6 Å². The molecule has 15 heavy (non-hydrogen) atoms.